The Labute approximate surface area is 95.0 Å². The summed E-state index contributed by atoms with van der Waals surface area (Å²) in [7, 11) is 0. The van der Waals surface area contributed by atoms with Gasteiger partial charge in [0.05, 0.1) is 9.17 Å². The second kappa shape index (κ2) is 3.23. The molecule has 2 aromatic rings. The molecule has 0 nitrogen and oxygen atoms in total. The van der Waals surface area contributed by atoms with Gasteiger partial charge in [0.2, 0.25) is 0 Å². The normalized spacial score (nSPS) is 10.9. The fourth-order valence-electron chi connectivity index (χ4n) is 1.04. The van der Waals surface area contributed by atoms with Crippen LogP contribution in [-0.4, -0.2) is 0 Å². The van der Waals surface area contributed by atoms with Gasteiger partial charge in [-0.15, -0.1) is 11.3 Å². The van der Waals surface area contributed by atoms with Crippen molar-refractivity contribution in [2.45, 2.75) is 0 Å². The highest BCUT2D eigenvalue weighted by atomic mass is 127. The lowest BCUT2D eigenvalue weighted by atomic mass is 10.2. The van der Waals surface area contributed by atoms with Crippen LogP contribution in [0.1, 0.15) is 0 Å². The number of benzene rings is 1. The van der Waals surface area contributed by atoms with Crippen molar-refractivity contribution in [1.29, 1.82) is 0 Å². The Hall–Kier alpha value is 0.320. The first-order valence-electron chi connectivity index (χ1n) is 3.21. The average molecular weight is 357 g/mol. The Morgan fingerprint density at radius 1 is 1.50 bits per heavy atom. The molecular formula is C8H3BrFIS. The molecule has 62 valence electrons. The molecule has 1 heterocycles. The molecule has 4 heteroatoms. The molecule has 0 fully saturated rings. The molecule has 0 spiro atoms. The zero-order valence-corrected chi connectivity index (χ0v) is 10.3. The van der Waals surface area contributed by atoms with Gasteiger partial charge in [-0.1, -0.05) is 0 Å². The SMILES string of the molecule is Fc1c(Br)cc(I)c2sccc12. The summed E-state index contributed by atoms with van der Waals surface area (Å²) in [5.74, 6) is -0.160. The maximum absolute atomic E-state index is 13.4. The molecule has 0 aliphatic rings. The fraction of sp³-hybridized carbons (Fsp3) is 0. The van der Waals surface area contributed by atoms with Gasteiger partial charge in [-0.25, -0.2) is 4.39 Å². The smallest absolute Gasteiger partial charge is 0.146 e. The predicted octanol–water partition coefficient (Wildman–Crippen LogP) is 4.41. The zero-order chi connectivity index (χ0) is 8.72. The van der Waals surface area contributed by atoms with Crippen molar-refractivity contribution in [1.82, 2.24) is 0 Å². The number of halogens is 3. The number of fused-ring (bicyclic) bond motifs is 1. The summed E-state index contributed by atoms with van der Waals surface area (Å²) in [6, 6.07) is 3.61. The first-order chi connectivity index (χ1) is 5.70. The summed E-state index contributed by atoms with van der Waals surface area (Å²) in [6.07, 6.45) is 0. The highest BCUT2D eigenvalue weighted by Gasteiger charge is 2.09. The Morgan fingerprint density at radius 2 is 2.25 bits per heavy atom. The molecule has 2 rings (SSSR count). The highest BCUT2D eigenvalue weighted by molar-refractivity contribution is 14.1. The van der Waals surface area contributed by atoms with E-state index >= 15 is 0 Å². The van der Waals surface area contributed by atoms with Gasteiger partial charge in [0.15, 0.2) is 0 Å². The van der Waals surface area contributed by atoms with Crippen LogP contribution in [0.4, 0.5) is 4.39 Å². The Morgan fingerprint density at radius 3 is 3.00 bits per heavy atom. The Kier molecular flexibility index (Phi) is 2.39. The molecule has 0 atom stereocenters. The van der Waals surface area contributed by atoms with Crippen LogP contribution in [0.5, 0.6) is 0 Å². The van der Waals surface area contributed by atoms with Gasteiger partial charge in [-0.2, -0.15) is 0 Å². The quantitative estimate of drug-likeness (QED) is 0.484. The van der Waals surface area contributed by atoms with Gasteiger partial charge < -0.3 is 0 Å². The topological polar surface area (TPSA) is 0 Å². The molecular weight excluding hydrogens is 354 g/mol. The van der Waals surface area contributed by atoms with Crippen LogP contribution < -0.4 is 0 Å². The first-order valence-corrected chi connectivity index (χ1v) is 5.96. The van der Waals surface area contributed by atoms with E-state index in [9.17, 15) is 4.39 Å². The third-order valence-corrected chi connectivity index (χ3v) is 4.32. The maximum Gasteiger partial charge on any atom is 0.146 e. The molecule has 0 aliphatic carbocycles. The minimum atomic E-state index is -0.160. The summed E-state index contributed by atoms with van der Waals surface area (Å²) >= 11 is 6.96. The molecule has 1 aromatic carbocycles. The summed E-state index contributed by atoms with van der Waals surface area (Å²) < 4.78 is 16.0. The van der Waals surface area contributed by atoms with Crippen molar-refractivity contribution in [2.75, 3.05) is 0 Å². The van der Waals surface area contributed by atoms with Crippen LogP contribution >= 0.6 is 49.9 Å². The lowest BCUT2D eigenvalue weighted by molar-refractivity contribution is 0.633. The van der Waals surface area contributed by atoms with Gasteiger partial charge in [0.25, 0.3) is 0 Å². The molecule has 0 bridgehead atoms. The van der Waals surface area contributed by atoms with E-state index in [0.717, 1.165) is 8.27 Å². The number of hydrogen-bond donors (Lipinski definition) is 0. The van der Waals surface area contributed by atoms with Crippen molar-refractivity contribution in [2.24, 2.45) is 0 Å². The first kappa shape index (κ1) is 8.90. The minimum Gasteiger partial charge on any atom is -0.205 e. The third-order valence-electron chi connectivity index (χ3n) is 1.58. The molecule has 0 radical (unpaired) electrons. The molecule has 0 amide bonds. The van der Waals surface area contributed by atoms with Crippen molar-refractivity contribution >= 4 is 59.9 Å². The van der Waals surface area contributed by atoms with Gasteiger partial charge in [-0.3, -0.25) is 0 Å². The van der Waals surface area contributed by atoms with E-state index in [4.69, 9.17) is 0 Å². The lowest BCUT2D eigenvalue weighted by Crippen LogP contribution is -1.80. The molecule has 0 aliphatic heterocycles. The lowest BCUT2D eigenvalue weighted by Gasteiger charge is -1.98. The second-order valence-electron chi connectivity index (χ2n) is 2.32. The largest absolute Gasteiger partial charge is 0.205 e. The van der Waals surface area contributed by atoms with E-state index in [-0.39, 0.29) is 5.82 Å². The predicted molar refractivity (Wildman–Crippen MR) is 62.2 cm³/mol. The van der Waals surface area contributed by atoms with E-state index in [1.807, 2.05) is 11.4 Å². The molecule has 1 aromatic heterocycles. The van der Waals surface area contributed by atoms with E-state index in [1.165, 1.54) is 0 Å². The van der Waals surface area contributed by atoms with Crippen LogP contribution in [0.15, 0.2) is 22.0 Å². The number of thiophene rings is 1. The highest BCUT2D eigenvalue weighted by Crippen LogP contribution is 2.32. The maximum atomic E-state index is 13.4. The average Bonchev–Trinajstić information content (AvgIpc) is 2.48. The Balaban J connectivity index is 2.97. The van der Waals surface area contributed by atoms with E-state index in [2.05, 4.69) is 38.5 Å². The summed E-state index contributed by atoms with van der Waals surface area (Å²) in [5, 5.41) is 2.61. The monoisotopic (exact) mass is 356 g/mol. The van der Waals surface area contributed by atoms with Gasteiger partial charge in [0, 0.05) is 8.96 Å². The van der Waals surface area contributed by atoms with Crippen molar-refractivity contribution in [3.8, 4) is 0 Å². The van der Waals surface area contributed by atoms with Crippen LogP contribution in [0.25, 0.3) is 10.1 Å². The molecule has 12 heavy (non-hydrogen) atoms. The molecule has 0 saturated carbocycles. The molecule has 0 unspecified atom stereocenters. The third kappa shape index (κ3) is 1.29. The summed E-state index contributed by atoms with van der Waals surface area (Å²) in [5.41, 5.74) is 0. The minimum absolute atomic E-state index is 0.160. The van der Waals surface area contributed by atoms with Crippen molar-refractivity contribution in [3.05, 3.63) is 31.4 Å². The van der Waals surface area contributed by atoms with Crippen LogP contribution in [0.3, 0.4) is 0 Å². The van der Waals surface area contributed by atoms with Crippen LogP contribution in [0.2, 0.25) is 0 Å². The Bertz CT molecular complexity index is 438. The number of rotatable bonds is 0. The zero-order valence-electron chi connectivity index (χ0n) is 5.77. The fourth-order valence-corrected chi connectivity index (χ4v) is 3.69. The molecule has 0 saturated heterocycles. The van der Waals surface area contributed by atoms with Gasteiger partial charge in [-0.05, 0) is 56.0 Å². The van der Waals surface area contributed by atoms with Gasteiger partial charge in [0.1, 0.15) is 5.82 Å². The summed E-state index contributed by atoms with van der Waals surface area (Å²) in [6.45, 7) is 0. The van der Waals surface area contributed by atoms with Crippen molar-refractivity contribution in [3.63, 3.8) is 0 Å². The van der Waals surface area contributed by atoms with E-state index in [0.29, 0.717) is 9.86 Å². The number of hydrogen-bond acceptors (Lipinski definition) is 1. The van der Waals surface area contributed by atoms with Crippen LogP contribution in [-0.2, 0) is 0 Å². The van der Waals surface area contributed by atoms with Crippen LogP contribution in [0, 0.1) is 9.39 Å². The van der Waals surface area contributed by atoms with E-state index < -0.39 is 0 Å². The second-order valence-corrected chi connectivity index (χ2v) is 5.25. The standard InChI is InChI=1S/C8H3BrFIS/c9-5-3-6(11)8-4(7(5)10)1-2-12-8/h1-3H. The van der Waals surface area contributed by atoms with Gasteiger partial charge >= 0.3 is 0 Å². The van der Waals surface area contributed by atoms with Crippen molar-refractivity contribution < 1.29 is 4.39 Å². The summed E-state index contributed by atoms with van der Waals surface area (Å²) in [4.78, 5) is 0. The van der Waals surface area contributed by atoms with E-state index in [1.54, 1.807) is 17.4 Å². The molecule has 0 N–H and O–H groups in total.